The predicted octanol–water partition coefficient (Wildman–Crippen LogP) is 2.63. The first-order valence-electron chi connectivity index (χ1n) is 7.90. The van der Waals surface area contributed by atoms with Crippen molar-refractivity contribution in [2.75, 3.05) is 23.9 Å². The van der Waals surface area contributed by atoms with Gasteiger partial charge in [0.05, 0.1) is 12.7 Å². The van der Waals surface area contributed by atoms with Crippen LogP contribution in [0.4, 0.5) is 11.4 Å². The van der Waals surface area contributed by atoms with Crippen LogP contribution in [-0.4, -0.2) is 31.4 Å². The van der Waals surface area contributed by atoms with E-state index in [2.05, 4.69) is 10.1 Å². The number of anilines is 2. The number of esters is 1. The zero-order valence-corrected chi connectivity index (χ0v) is 14.0. The van der Waals surface area contributed by atoms with Crippen LogP contribution in [-0.2, 0) is 16.0 Å². The van der Waals surface area contributed by atoms with Gasteiger partial charge in [-0.2, -0.15) is 0 Å². The van der Waals surface area contributed by atoms with Crippen molar-refractivity contribution < 1.29 is 19.1 Å². The van der Waals surface area contributed by atoms with Crippen LogP contribution in [0.2, 0.25) is 0 Å². The number of rotatable bonds is 3. The molecule has 0 bridgehead atoms. The molecule has 25 heavy (non-hydrogen) atoms. The number of carbonyl (C=O) groups excluding carboxylic acids is 3. The maximum atomic E-state index is 12.5. The van der Waals surface area contributed by atoms with Gasteiger partial charge in [0.1, 0.15) is 0 Å². The molecule has 128 valence electrons. The molecule has 2 aromatic carbocycles. The van der Waals surface area contributed by atoms with Crippen LogP contribution in [0.5, 0.6) is 0 Å². The first kappa shape index (κ1) is 16.7. The Bertz CT molecular complexity index is 860. The summed E-state index contributed by atoms with van der Waals surface area (Å²) in [6, 6.07) is 11.9. The third-order valence-corrected chi connectivity index (χ3v) is 4.16. The minimum Gasteiger partial charge on any atom is -0.465 e. The number of fused-ring (bicyclic) bond motifs is 1. The summed E-state index contributed by atoms with van der Waals surface area (Å²) in [5.41, 5.74) is 3.22. The Balaban J connectivity index is 1.79. The second-order valence-corrected chi connectivity index (χ2v) is 5.79. The fourth-order valence-electron chi connectivity index (χ4n) is 2.92. The lowest BCUT2D eigenvalue weighted by Gasteiger charge is -2.14. The second kappa shape index (κ2) is 6.76. The number of methoxy groups -OCH3 is 1. The summed E-state index contributed by atoms with van der Waals surface area (Å²) in [5, 5.41) is 2.78. The zero-order valence-electron chi connectivity index (χ0n) is 14.0. The van der Waals surface area contributed by atoms with Gasteiger partial charge < -0.3 is 15.0 Å². The monoisotopic (exact) mass is 338 g/mol. The standard InChI is InChI=1S/C19H18N2O4/c1-12(22)21-9-8-13-10-14(6-7-17(13)21)18(23)20-16-5-3-4-15(11-16)19(24)25-2/h3-7,10-11H,8-9H2,1-2H3,(H,20,23). The highest BCUT2D eigenvalue weighted by Crippen LogP contribution is 2.29. The van der Waals surface area contributed by atoms with Crippen molar-refractivity contribution in [1.29, 1.82) is 0 Å². The largest absolute Gasteiger partial charge is 0.465 e. The van der Waals surface area contributed by atoms with E-state index in [4.69, 9.17) is 0 Å². The number of nitrogens with zero attached hydrogens (tertiary/aromatic N) is 1. The molecule has 2 aromatic rings. The number of amides is 2. The summed E-state index contributed by atoms with van der Waals surface area (Å²) in [5.74, 6) is -0.736. The Kier molecular flexibility index (Phi) is 4.52. The van der Waals surface area contributed by atoms with Crippen LogP contribution >= 0.6 is 0 Å². The maximum absolute atomic E-state index is 12.5. The lowest BCUT2D eigenvalue weighted by molar-refractivity contribution is -0.116. The maximum Gasteiger partial charge on any atom is 0.337 e. The van der Waals surface area contributed by atoms with Crippen LogP contribution < -0.4 is 10.2 Å². The van der Waals surface area contributed by atoms with Crippen LogP contribution in [0.3, 0.4) is 0 Å². The lowest BCUT2D eigenvalue weighted by atomic mass is 10.1. The quantitative estimate of drug-likeness (QED) is 0.873. The number of hydrogen-bond donors (Lipinski definition) is 1. The van der Waals surface area contributed by atoms with Gasteiger partial charge in [0.15, 0.2) is 0 Å². The SMILES string of the molecule is COC(=O)c1cccc(NC(=O)c2ccc3c(c2)CCN3C(C)=O)c1. The van der Waals surface area contributed by atoms with Crippen LogP contribution in [0, 0.1) is 0 Å². The highest BCUT2D eigenvalue weighted by Gasteiger charge is 2.23. The van der Waals surface area contributed by atoms with Crippen molar-refractivity contribution in [1.82, 2.24) is 0 Å². The van der Waals surface area contributed by atoms with Crippen molar-refractivity contribution in [3.05, 3.63) is 59.2 Å². The molecule has 1 aliphatic heterocycles. The smallest absolute Gasteiger partial charge is 0.337 e. The van der Waals surface area contributed by atoms with Crippen molar-refractivity contribution in [3.8, 4) is 0 Å². The van der Waals surface area contributed by atoms with E-state index in [0.717, 1.165) is 17.7 Å². The molecule has 2 amide bonds. The third kappa shape index (κ3) is 3.38. The van der Waals surface area contributed by atoms with Crippen molar-refractivity contribution in [2.45, 2.75) is 13.3 Å². The zero-order chi connectivity index (χ0) is 18.0. The number of hydrogen-bond acceptors (Lipinski definition) is 4. The molecule has 0 aliphatic carbocycles. The molecule has 0 saturated heterocycles. The minimum absolute atomic E-state index is 0.00410. The fraction of sp³-hybridized carbons (Fsp3) is 0.211. The van der Waals surface area contributed by atoms with Crippen molar-refractivity contribution in [2.24, 2.45) is 0 Å². The van der Waals surface area contributed by atoms with Crippen molar-refractivity contribution in [3.63, 3.8) is 0 Å². The molecule has 0 radical (unpaired) electrons. The first-order chi connectivity index (χ1) is 12.0. The number of ether oxygens (including phenoxy) is 1. The Morgan fingerprint density at radius 3 is 2.60 bits per heavy atom. The van der Waals surface area contributed by atoms with E-state index in [1.165, 1.54) is 14.0 Å². The molecular formula is C19H18N2O4. The summed E-state index contributed by atoms with van der Waals surface area (Å²) >= 11 is 0. The van der Waals surface area contributed by atoms with Gasteiger partial charge >= 0.3 is 5.97 Å². The molecule has 3 rings (SSSR count). The van der Waals surface area contributed by atoms with E-state index in [0.29, 0.717) is 23.4 Å². The molecule has 0 spiro atoms. The van der Waals surface area contributed by atoms with Crippen LogP contribution in [0.25, 0.3) is 0 Å². The average molecular weight is 338 g/mol. The predicted molar refractivity (Wildman–Crippen MR) is 93.9 cm³/mol. The van der Waals surface area contributed by atoms with Crippen LogP contribution in [0.1, 0.15) is 33.2 Å². The molecule has 0 unspecified atom stereocenters. The number of nitrogens with one attached hydrogen (secondary N) is 1. The molecular weight excluding hydrogens is 320 g/mol. The van der Waals surface area contributed by atoms with Gasteiger partial charge in [-0.1, -0.05) is 6.07 Å². The molecule has 1 heterocycles. The van der Waals surface area contributed by atoms with E-state index in [9.17, 15) is 14.4 Å². The minimum atomic E-state index is -0.460. The van der Waals surface area contributed by atoms with Gasteiger partial charge in [-0.05, 0) is 48.4 Å². The molecule has 6 heteroatoms. The van der Waals surface area contributed by atoms with Gasteiger partial charge in [-0.3, -0.25) is 9.59 Å². The molecule has 0 fully saturated rings. The van der Waals surface area contributed by atoms with E-state index < -0.39 is 5.97 Å². The fourth-order valence-corrected chi connectivity index (χ4v) is 2.92. The average Bonchev–Trinajstić information content (AvgIpc) is 3.04. The summed E-state index contributed by atoms with van der Waals surface area (Å²) in [6.07, 6.45) is 0.730. The number of carbonyl (C=O) groups is 3. The van der Waals surface area contributed by atoms with Crippen molar-refractivity contribution >= 4 is 29.2 Å². The van der Waals surface area contributed by atoms with Gasteiger partial charge in [-0.25, -0.2) is 4.79 Å². The van der Waals surface area contributed by atoms with Gasteiger partial charge in [0.25, 0.3) is 5.91 Å². The molecule has 1 aliphatic rings. The molecule has 0 atom stereocenters. The Morgan fingerprint density at radius 2 is 1.88 bits per heavy atom. The van der Waals surface area contributed by atoms with Gasteiger partial charge in [0.2, 0.25) is 5.91 Å². The lowest BCUT2D eigenvalue weighted by Crippen LogP contribution is -2.25. The summed E-state index contributed by atoms with van der Waals surface area (Å²) in [4.78, 5) is 37.3. The number of benzene rings is 2. The molecule has 6 nitrogen and oxygen atoms in total. The highest BCUT2D eigenvalue weighted by molar-refractivity contribution is 6.05. The highest BCUT2D eigenvalue weighted by atomic mass is 16.5. The second-order valence-electron chi connectivity index (χ2n) is 5.79. The summed E-state index contributed by atoms with van der Waals surface area (Å²) in [6.45, 7) is 2.17. The molecule has 0 saturated carbocycles. The normalized spacial score (nSPS) is 12.5. The Hall–Kier alpha value is -3.15. The van der Waals surface area contributed by atoms with E-state index in [-0.39, 0.29) is 11.8 Å². The summed E-state index contributed by atoms with van der Waals surface area (Å²) in [7, 11) is 1.31. The van der Waals surface area contributed by atoms with E-state index >= 15 is 0 Å². The Morgan fingerprint density at radius 1 is 1.08 bits per heavy atom. The van der Waals surface area contributed by atoms with E-state index in [1.54, 1.807) is 47.4 Å². The van der Waals surface area contributed by atoms with Gasteiger partial charge in [-0.15, -0.1) is 0 Å². The van der Waals surface area contributed by atoms with Gasteiger partial charge in [0, 0.05) is 30.4 Å². The molecule has 0 aromatic heterocycles. The first-order valence-corrected chi connectivity index (χ1v) is 7.90. The van der Waals surface area contributed by atoms with Crippen LogP contribution in [0.15, 0.2) is 42.5 Å². The topological polar surface area (TPSA) is 75.7 Å². The van der Waals surface area contributed by atoms with E-state index in [1.807, 2.05) is 0 Å². The Labute approximate surface area is 145 Å². The third-order valence-electron chi connectivity index (χ3n) is 4.16. The summed E-state index contributed by atoms with van der Waals surface area (Å²) < 4.78 is 4.68. The molecule has 1 N–H and O–H groups in total.